The fraction of sp³-hybridized carbons (Fsp3) is 0.667. The first-order valence-corrected chi connectivity index (χ1v) is 7.46. The molecule has 0 bridgehead atoms. The second kappa shape index (κ2) is 7.23. The largest absolute Gasteiger partial charge is 0.351 e. The lowest BCUT2D eigenvalue weighted by Gasteiger charge is -2.32. The Morgan fingerprint density at radius 3 is 2.52 bits per heavy atom. The number of carbonyl (C=O) groups is 2. The summed E-state index contributed by atoms with van der Waals surface area (Å²) in [6, 6.07) is 1.93. The van der Waals surface area contributed by atoms with Crippen molar-refractivity contribution < 1.29 is 9.59 Å². The summed E-state index contributed by atoms with van der Waals surface area (Å²) in [5.74, 6) is 0.0843. The highest BCUT2D eigenvalue weighted by atomic mass is 16.2. The van der Waals surface area contributed by atoms with Gasteiger partial charge in [0.05, 0.1) is 0 Å². The van der Waals surface area contributed by atoms with Gasteiger partial charge in [-0.05, 0) is 25.8 Å². The van der Waals surface area contributed by atoms with Crippen molar-refractivity contribution in [3.63, 3.8) is 0 Å². The molecular formula is C15H22N4O2. The van der Waals surface area contributed by atoms with Gasteiger partial charge in [0, 0.05) is 39.1 Å². The Hall–Kier alpha value is -1.87. The molecule has 1 N–H and O–H groups in total. The summed E-state index contributed by atoms with van der Waals surface area (Å²) < 4.78 is 0. The number of carbonyl (C=O) groups excluding carboxylic acids is 2. The van der Waals surface area contributed by atoms with Crippen molar-refractivity contribution >= 4 is 11.8 Å². The van der Waals surface area contributed by atoms with Crippen LogP contribution in [-0.4, -0.2) is 61.4 Å². The monoisotopic (exact) mass is 290 g/mol. The van der Waals surface area contributed by atoms with Crippen molar-refractivity contribution in [1.29, 1.82) is 5.26 Å². The maximum absolute atomic E-state index is 12.0. The lowest BCUT2D eigenvalue weighted by molar-refractivity contribution is -0.132. The molecule has 1 saturated carbocycles. The van der Waals surface area contributed by atoms with Crippen molar-refractivity contribution in [2.24, 2.45) is 5.92 Å². The third-order valence-corrected chi connectivity index (χ3v) is 3.87. The molecular weight excluding hydrogens is 268 g/mol. The zero-order valence-corrected chi connectivity index (χ0v) is 12.5. The highest BCUT2D eigenvalue weighted by molar-refractivity contribution is 5.97. The van der Waals surface area contributed by atoms with Crippen molar-refractivity contribution in [1.82, 2.24) is 15.1 Å². The van der Waals surface area contributed by atoms with Gasteiger partial charge in [0.1, 0.15) is 11.6 Å². The normalized spacial score (nSPS) is 20.0. The molecule has 0 atom stereocenters. The molecule has 2 aliphatic rings. The van der Waals surface area contributed by atoms with E-state index in [0.717, 1.165) is 39.0 Å². The maximum Gasteiger partial charge on any atom is 0.261 e. The first-order valence-electron chi connectivity index (χ1n) is 7.46. The van der Waals surface area contributed by atoms with Crippen LogP contribution in [0.1, 0.15) is 19.3 Å². The highest BCUT2D eigenvalue weighted by Crippen LogP contribution is 2.31. The molecule has 1 aliphatic heterocycles. The molecule has 0 aromatic heterocycles. The van der Waals surface area contributed by atoms with Crippen molar-refractivity contribution in [3.8, 4) is 6.07 Å². The first-order chi connectivity index (χ1) is 10.1. The van der Waals surface area contributed by atoms with E-state index in [0.29, 0.717) is 5.92 Å². The van der Waals surface area contributed by atoms with Gasteiger partial charge in [-0.3, -0.25) is 9.59 Å². The molecule has 1 heterocycles. The SMILES string of the molecule is CN1CCN(C(=O)CCNC(=O)/C(C#N)=C/C2CC2)CC1. The smallest absolute Gasteiger partial charge is 0.261 e. The lowest BCUT2D eigenvalue weighted by Crippen LogP contribution is -2.47. The summed E-state index contributed by atoms with van der Waals surface area (Å²) in [5.41, 5.74) is 0.171. The van der Waals surface area contributed by atoms with Crippen LogP contribution in [0.3, 0.4) is 0 Å². The molecule has 2 rings (SSSR count). The van der Waals surface area contributed by atoms with Crippen molar-refractivity contribution in [3.05, 3.63) is 11.6 Å². The number of hydrogen-bond acceptors (Lipinski definition) is 4. The van der Waals surface area contributed by atoms with E-state index >= 15 is 0 Å². The number of likely N-dealkylation sites (N-methyl/N-ethyl adjacent to an activating group) is 1. The Balaban J connectivity index is 1.70. The predicted molar refractivity (Wildman–Crippen MR) is 78.1 cm³/mol. The van der Waals surface area contributed by atoms with Gasteiger partial charge in [-0.2, -0.15) is 5.26 Å². The quantitative estimate of drug-likeness (QED) is 0.576. The van der Waals surface area contributed by atoms with Gasteiger partial charge in [0.2, 0.25) is 5.91 Å². The van der Waals surface area contributed by atoms with E-state index in [1.165, 1.54) is 0 Å². The Morgan fingerprint density at radius 2 is 1.95 bits per heavy atom. The van der Waals surface area contributed by atoms with E-state index in [9.17, 15) is 9.59 Å². The number of hydrogen-bond donors (Lipinski definition) is 1. The number of amides is 2. The molecule has 2 fully saturated rings. The van der Waals surface area contributed by atoms with Crippen LogP contribution in [0.15, 0.2) is 11.6 Å². The van der Waals surface area contributed by atoms with Gasteiger partial charge in [0.25, 0.3) is 5.91 Å². The Kier molecular flexibility index (Phi) is 5.34. The van der Waals surface area contributed by atoms with Crippen molar-refractivity contribution in [2.45, 2.75) is 19.3 Å². The summed E-state index contributed by atoms with van der Waals surface area (Å²) in [6.07, 6.45) is 4.13. The summed E-state index contributed by atoms with van der Waals surface area (Å²) in [4.78, 5) is 27.8. The fourth-order valence-corrected chi connectivity index (χ4v) is 2.25. The average molecular weight is 290 g/mol. The molecule has 114 valence electrons. The lowest BCUT2D eigenvalue weighted by atomic mass is 10.2. The van der Waals surface area contributed by atoms with Gasteiger partial charge < -0.3 is 15.1 Å². The van der Waals surface area contributed by atoms with E-state index in [1.807, 2.05) is 18.0 Å². The third-order valence-electron chi connectivity index (χ3n) is 3.87. The molecule has 2 amide bonds. The minimum absolute atomic E-state index is 0.0630. The minimum Gasteiger partial charge on any atom is -0.351 e. The van der Waals surface area contributed by atoms with Crippen LogP contribution < -0.4 is 5.32 Å². The zero-order valence-electron chi connectivity index (χ0n) is 12.5. The highest BCUT2D eigenvalue weighted by Gasteiger charge is 2.22. The molecule has 0 aromatic carbocycles. The van der Waals surface area contributed by atoms with Gasteiger partial charge >= 0.3 is 0 Å². The first kappa shape index (κ1) is 15.5. The van der Waals surface area contributed by atoms with Crippen LogP contribution in [0.4, 0.5) is 0 Å². The molecule has 0 radical (unpaired) electrons. The van der Waals surface area contributed by atoms with E-state index in [-0.39, 0.29) is 30.4 Å². The number of rotatable bonds is 5. The van der Waals surface area contributed by atoms with Crippen LogP contribution in [0.5, 0.6) is 0 Å². The minimum atomic E-state index is -0.365. The molecule has 0 unspecified atom stereocenters. The average Bonchev–Trinajstić information content (AvgIpc) is 3.29. The summed E-state index contributed by atoms with van der Waals surface area (Å²) >= 11 is 0. The van der Waals surface area contributed by atoms with Crippen LogP contribution in [0.25, 0.3) is 0 Å². The summed E-state index contributed by atoms with van der Waals surface area (Å²) in [6.45, 7) is 3.55. The third kappa shape index (κ3) is 4.87. The zero-order chi connectivity index (χ0) is 15.2. The molecule has 21 heavy (non-hydrogen) atoms. The van der Waals surface area contributed by atoms with Gasteiger partial charge in [-0.25, -0.2) is 0 Å². The number of nitrogens with one attached hydrogen (secondary N) is 1. The molecule has 0 aromatic rings. The van der Waals surface area contributed by atoms with Crippen LogP contribution in [0, 0.1) is 17.2 Å². The fourth-order valence-electron chi connectivity index (χ4n) is 2.25. The van der Waals surface area contributed by atoms with E-state index < -0.39 is 0 Å². The topological polar surface area (TPSA) is 76.4 Å². The van der Waals surface area contributed by atoms with E-state index in [4.69, 9.17) is 5.26 Å². The molecule has 0 spiro atoms. The van der Waals surface area contributed by atoms with Crippen molar-refractivity contribution in [2.75, 3.05) is 39.8 Å². The number of allylic oxidation sites excluding steroid dienone is 1. The maximum atomic E-state index is 12.0. The second-order valence-corrected chi connectivity index (χ2v) is 5.72. The van der Waals surface area contributed by atoms with Gasteiger partial charge in [-0.1, -0.05) is 6.08 Å². The van der Waals surface area contributed by atoms with Crippen LogP contribution in [-0.2, 0) is 9.59 Å². The molecule has 6 heteroatoms. The number of piperazine rings is 1. The van der Waals surface area contributed by atoms with Crippen LogP contribution >= 0.6 is 0 Å². The Bertz CT molecular complexity index is 469. The molecule has 1 aliphatic carbocycles. The van der Waals surface area contributed by atoms with Crippen LogP contribution in [0.2, 0.25) is 0 Å². The Labute approximate surface area is 125 Å². The van der Waals surface area contributed by atoms with E-state index in [2.05, 4.69) is 10.2 Å². The Morgan fingerprint density at radius 1 is 1.29 bits per heavy atom. The van der Waals surface area contributed by atoms with Gasteiger partial charge in [-0.15, -0.1) is 0 Å². The predicted octanol–water partition coefficient (Wildman–Crippen LogP) is 0.127. The molecule has 6 nitrogen and oxygen atoms in total. The molecule has 1 saturated heterocycles. The number of nitriles is 1. The summed E-state index contributed by atoms with van der Waals surface area (Å²) in [5, 5.41) is 11.6. The van der Waals surface area contributed by atoms with E-state index in [1.54, 1.807) is 6.08 Å². The second-order valence-electron chi connectivity index (χ2n) is 5.72. The standard InChI is InChI=1S/C15H22N4O2/c1-18-6-8-19(9-7-18)14(20)4-5-17-15(21)13(11-16)10-12-2-3-12/h10,12H,2-9H2,1H3,(H,17,21)/b13-10+. The summed E-state index contributed by atoms with van der Waals surface area (Å²) in [7, 11) is 2.04. The number of nitrogens with zero attached hydrogens (tertiary/aromatic N) is 3. The van der Waals surface area contributed by atoms with Gasteiger partial charge in [0.15, 0.2) is 0 Å².